The van der Waals surface area contributed by atoms with E-state index in [0.29, 0.717) is 12.8 Å². The fourth-order valence-corrected chi connectivity index (χ4v) is 8.32. The van der Waals surface area contributed by atoms with E-state index in [9.17, 15) is 14.7 Å². The molecule has 1 N–H and O–H groups in total. The first-order valence-corrected chi connectivity index (χ1v) is 29.1. The molecule has 0 heterocycles. The largest absolute Gasteiger partial charge is 0.462 e. The van der Waals surface area contributed by atoms with E-state index in [4.69, 9.17) is 9.47 Å². The third kappa shape index (κ3) is 55.7. The van der Waals surface area contributed by atoms with Crippen molar-refractivity contribution in [1.29, 1.82) is 0 Å². The zero-order valence-corrected chi connectivity index (χ0v) is 44.9. The Labute approximate surface area is 422 Å². The maximum Gasteiger partial charge on any atom is 0.306 e. The number of aliphatic hydroxyl groups is 1. The highest BCUT2D eigenvalue weighted by molar-refractivity contribution is 5.70. The smallest absolute Gasteiger partial charge is 0.306 e. The van der Waals surface area contributed by atoms with E-state index in [1.807, 2.05) is 0 Å². The minimum atomic E-state index is -0.775. The fourth-order valence-electron chi connectivity index (χ4n) is 8.32. The van der Waals surface area contributed by atoms with E-state index < -0.39 is 6.10 Å². The van der Waals surface area contributed by atoms with E-state index in [-0.39, 0.29) is 25.2 Å². The van der Waals surface area contributed by atoms with Crippen LogP contribution in [0.2, 0.25) is 0 Å². The SMILES string of the molecule is CC/C=C\C/C=C\C/C=C\C/C=C\C/C=C\C/C=C\CCCCCCCCCCCCCCCCCCCCCCCCC(=O)OC(CO)COC(=O)CCCCCCC/C=C\CCCCCC. The summed E-state index contributed by atoms with van der Waals surface area (Å²) in [5.74, 6) is -0.592. The molecule has 0 aliphatic carbocycles. The van der Waals surface area contributed by atoms with Gasteiger partial charge in [-0.15, -0.1) is 0 Å². The second-order valence-electron chi connectivity index (χ2n) is 19.3. The Morgan fingerprint density at radius 3 is 0.971 bits per heavy atom. The number of esters is 2. The lowest BCUT2D eigenvalue weighted by Crippen LogP contribution is -2.28. The van der Waals surface area contributed by atoms with Crippen LogP contribution in [0, 0.1) is 0 Å². The standard InChI is InChI=1S/C63H110O5/c1-3-5-7-9-11-13-15-17-18-19-20-21-22-23-24-25-26-27-28-29-30-31-32-33-34-35-36-37-38-39-40-41-42-43-44-46-48-50-52-54-56-58-63(66)68-61(59-64)60-67-62(65)57-55-53-51-49-47-45-16-14-12-10-8-6-4-2/h5,7,11,13-14,16-18,20-21,23-24,26-27,61,64H,3-4,6,8-10,12,15,19,22,25,28-60H2,1-2H3/b7-5-,13-11-,16-14-,18-17-,21-20-,24-23-,27-26-. The molecule has 0 aliphatic rings. The van der Waals surface area contributed by atoms with E-state index in [1.165, 1.54) is 173 Å². The molecule has 0 fully saturated rings. The Morgan fingerprint density at radius 2 is 0.632 bits per heavy atom. The van der Waals surface area contributed by atoms with Gasteiger partial charge in [0.05, 0.1) is 6.61 Å². The number of ether oxygens (including phenoxy) is 2. The lowest BCUT2D eigenvalue weighted by Gasteiger charge is -2.15. The summed E-state index contributed by atoms with van der Waals surface area (Å²) in [6, 6.07) is 0. The molecule has 0 saturated heterocycles. The van der Waals surface area contributed by atoms with Crippen LogP contribution in [0.25, 0.3) is 0 Å². The highest BCUT2D eigenvalue weighted by Gasteiger charge is 2.16. The number of carbonyl (C=O) groups is 2. The molecule has 5 nitrogen and oxygen atoms in total. The number of aliphatic hydroxyl groups excluding tert-OH is 1. The Balaban J connectivity index is 3.42. The molecule has 0 aromatic heterocycles. The monoisotopic (exact) mass is 947 g/mol. The summed E-state index contributed by atoms with van der Waals surface area (Å²) in [6.45, 7) is 4.02. The van der Waals surface area contributed by atoms with Gasteiger partial charge < -0.3 is 14.6 Å². The molecule has 0 saturated carbocycles. The van der Waals surface area contributed by atoms with Gasteiger partial charge in [-0.1, -0.05) is 266 Å². The molecule has 0 aliphatic heterocycles. The maximum absolute atomic E-state index is 12.3. The molecule has 68 heavy (non-hydrogen) atoms. The number of hydrogen-bond donors (Lipinski definition) is 1. The third-order valence-corrected chi connectivity index (χ3v) is 12.7. The molecule has 1 atom stereocenters. The summed E-state index contributed by atoms with van der Waals surface area (Å²) in [6.07, 6.45) is 81.5. The maximum atomic E-state index is 12.3. The quantitative estimate of drug-likeness (QED) is 0.0374. The summed E-state index contributed by atoms with van der Waals surface area (Å²) < 4.78 is 10.7. The van der Waals surface area contributed by atoms with Crippen molar-refractivity contribution in [3.05, 3.63) is 85.1 Å². The molecule has 0 bridgehead atoms. The lowest BCUT2D eigenvalue weighted by atomic mass is 10.0. The normalized spacial score (nSPS) is 12.8. The predicted molar refractivity (Wildman–Crippen MR) is 297 cm³/mol. The Kier molecular flexibility index (Phi) is 55.9. The Bertz CT molecular complexity index is 1250. The van der Waals surface area contributed by atoms with Gasteiger partial charge in [0.15, 0.2) is 6.10 Å². The lowest BCUT2D eigenvalue weighted by molar-refractivity contribution is -0.161. The van der Waals surface area contributed by atoms with Crippen LogP contribution >= 0.6 is 0 Å². The molecular formula is C63H110O5. The van der Waals surface area contributed by atoms with Crippen LogP contribution in [-0.2, 0) is 19.1 Å². The van der Waals surface area contributed by atoms with Gasteiger partial charge in [0.1, 0.15) is 6.61 Å². The van der Waals surface area contributed by atoms with Crippen LogP contribution in [-0.4, -0.2) is 36.4 Å². The van der Waals surface area contributed by atoms with Crippen LogP contribution in [0.4, 0.5) is 0 Å². The molecule has 0 amide bonds. The van der Waals surface area contributed by atoms with E-state index >= 15 is 0 Å². The van der Waals surface area contributed by atoms with Crippen LogP contribution < -0.4 is 0 Å². The average molecular weight is 948 g/mol. The van der Waals surface area contributed by atoms with Gasteiger partial charge >= 0.3 is 11.9 Å². The van der Waals surface area contributed by atoms with Crippen molar-refractivity contribution in [3.63, 3.8) is 0 Å². The highest BCUT2D eigenvalue weighted by Crippen LogP contribution is 2.17. The molecular weight excluding hydrogens is 837 g/mol. The summed E-state index contributed by atoms with van der Waals surface area (Å²) in [5, 5.41) is 9.62. The van der Waals surface area contributed by atoms with Crippen molar-refractivity contribution < 1.29 is 24.2 Å². The van der Waals surface area contributed by atoms with Gasteiger partial charge in [-0.2, -0.15) is 0 Å². The van der Waals surface area contributed by atoms with Crippen molar-refractivity contribution >= 4 is 11.9 Å². The average Bonchev–Trinajstić information content (AvgIpc) is 3.34. The first-order valence-electron chi connectivity index (χ1n) is 29.1. The fraction of sp³-hybridized carbons (Fsp3) is 0.746. The summed E-state index contributed by atoms with van der Waals surface area (Å²) >= 11 is 0. The predicted octanol–water partition coefficient (Wildman–Crippen LogP) is 19.8. The third-order valence-electron chi connectivity index (χ3n) is 12.7. The minimum Gasteiger partial charge on any atom is -0.462 e. The first kappa shape index (κ1) is 65.1. The summed E-state index contributed by atoms with van der Waals surface area (Å²) in [5.41, 5.74) is 0. The number of unbranched alkanes of at least 4 members (excludes halogenated alkanes) is 31. The number of allylic oxidation sites excluding steroid dienone is 14. The van der Waals surface area contributed by atoms with Crippen molar-refractivity contribution in [2.45, 2.75) is 290 Å². The van der Waals surface area contributed by atoms with E-state index in [1.54, 1.807) is 0 Å². The van der Waals surface area contributed by atoms with Gasteiger partial charge in [0, 0.05) is 12.8 Å². The van der Waals surface area contributed by atoms with Gasteiger partial charge in [-0.25, -0.2) is 0 Å². The topological polar surface area (TPSA) is 72.8 Å². The van der Waals surface area contributed by atoms with Crippen molar-refractivity contribution in [2.24, 2.45) is 0 Å². The van der Waals surface area contributed by atoms with Crippen LogP contribution in [0.3, 0.4) is 0 Å². The number of carbonyl (C=O) groups excluding carboxylic acids is 2. The molecule has 392 valence electrons. The first-order chi connectivity index (χ1) is 33.6. The molecule has 0 rings (SSSR count). The molecule has 0 aromatic rings. The summed E-state index contributed by atoms with van der Waals surface area (Å²) in [4.78, 5) is 24.4. The number of hydrogen-bond acceptors (Lipinski definition) is 5. The molecule has 0 aromatic carbocycles. The molecule has 0 spiro atoms. The molecule has 0 radical (unpaired) electrons. The van der Waals surface area contributed by atoms with Crippen molar-refractivity contribution in [2.75, 3.05) is 13.2 Å². The second kappa shape index (κ2) is 58.4. The van der Waals surface area contributed by atoms with Crippen LogP contribution in [0.1, 0.15) is 284 Å². The zero-order valence-electron chi connectivity index (χ0n) is 44.9. The molecule has 5 heteroatoms. The van der Waals surface area contributed by atoms with Crippen molar-refractivity contribution in [3.8, 4) is 0 Å². The van der Waals surface area contributed by atoms with Gasteiger partial charge in [-0.05, 0) is 89.9 Å². The van der Waals surface area contributed by atoms with E-state index in [2.05, 4.69) is 98.9 Å². The van der Waals surface area contributed by atoms with Gasteiger partial charge in [-0.3, -0.25) is 9.59 Å². The van der Waals surface area contributed by atoms with Crippen molar-refractivity contribution in [1.82, 2.24) is 0 Å². The van der Waals surface area contributed by atoms with Crippen LogP contribution in [0.5, 0.6) is 0 Å². The second-order valence-corrected chi connectivity index (χ2v) is 19.3. The molecule has 1 unspecified atom stereocenters. The Hall–Kier alpha value is -2.92. The number of rotatable bonds is 53. The minimum absolute atomic E-state index is 0.0685. The summed E-state index contributed by atoms with van der Waals surface area (Å²) in [7, 11) is 0. The van der Waals surface area contributed by atoms with Gasteiger partial charge in [0.25, 0.3) is 0 Å². The highest BCUT2D eigenvalue weighted by atomic mass is 16.6. The Morgan fingerprint density at radius 1 is 0.353 bits per heavy atom. The zero-order chi connectivity index (χ0) is 49.2. The van der Waals surface area contributed by atoms with Gasteiger partial charge in [0.2, 0.25) is 0 Å². The van der Waals surface area contributed by atoms with Crippen LogP contribution in [0.15, 0.2) is 85.1 Å². The van der Waals surface area contributed by atoms with E-state index in [0.717, 1.165) is 83.5 Å².